The molecule has 0 aromatic heterocycles. The highest BCUT2D eigenvalue weighted by atomic mass is 16.5. The van der Waals surface area contributed by atoms with Crippen LogP contribution in [-0.2, 0) is 0 Å². The van der Waals surface area contributed by atoms with Crippen molar-refractivity contribution in [2.24, 2.45) is 0 Å². The van der Waals surface area contributed by atoms with Gasteiger partial charge in [-0.25, -0.2) is 0 Å². The Bertz CT molecular complexity index is 1030. The van der Waals surface area contributed by atoms with Crippen molar-refractivity contribution in [2.45, 2.75) is 13.8 Å². The Kier molecular flexibility index (Phi) is 2.83. The normalized spacial score (nSPS) is 11.4. The van der Waals surface area contributed by atoms with Crippen LogP contribution in [0.2, 0.25) is 0 Å². The topological polar surface area (TPSA) is 9.23 Å². The molecule has 0 aliphatic carbocycles. The van der Waals surface area contributed by atoms with E-state index < -0.39 is 0 Å². The van der Waals surface area contributed by atoms with Gasteiger partial charge in [0.2, 0.25) is 0 Å². The maximum absolute atomic E-state index is 5.44. The van der Waals surface area contributed by atoms with Gasteiger partial charge >= 0.3 is 0 Å². The number of benzene rings is 4. The minimum Gasteiger partial charge on any atom is -0.497 e. The van der Waals surface area contributed by atoms with E-state index in [4.69, 9.17) is 4.74 Å². The van der Waals surface area contributed by atoms with Crippen molar-refractivity contribution >= 4 is 32.3 Å². The van der Waals surface area contributed by atoms with E-state index in [2.05, 4.69) is 62.4 Å². The van der Waals surface area contributed by atoms with Gasteiger partial charge < -0.3 is 4.74 Å². The minimum atomic E-state index is 0.905. The lowest BCUT2D eigenvalue weighted by atomic mass is 9.92. The van der Waals surface area contributed by atoms with Gasteiger partial charge in [0, 0.05) is 0 Å². The van der Waals surface area contributed by atoms with Gasteiger partial charge in [0.25, 0.3) is 0 Å². The molecule has 0 aliphatic heterocycles. The number of ether oxygens (including phenoxy) is 1. The summed E-state index contributed by atoms with van der Waals surface area (Å²) in [5.74, 6) is 0.905. The number of hydrogen-bond acceptors (Lipinski definition) is 1. The Morgan fingerprint density at radius 3 is 1.59 bits per heavy atom. The summed E-state index contributed by atoms with van der Waals surface area (Å²) in [4.78, 5) is 0. The van der Waals surface area contributed by atoms with E-state index in [1.54, 1.807) is 7.11 Å². The van der Waals surface area contributed by atoms with Crippen molar-refractivity contribution in [1.82, 2.24) is 0 Å². The molecule has 4 aromatic carbocycles. The van der Waals surface area contributed by atoms with Crippen LogP contribution in [0.15, 0.2) is 54.6 Å². The summed E-state index contributed by atoms with van der Waals surface area (Å²) in [6, 6.07) is 19.8. The Morgan fingerprint density at radius 2 is 1.00 bits per heavy atom. The lowest BCUT2D eigenvalue weighted by molar-refractivity contribution is 0.415. The van der Waals surface area contributed by atoms with Gasteiger partial charge in [0.15, 0.2) is 0 Å². The first-order valence-corrected chi connectivity index (χ1v) is 7.58. The first-order valence-electron chi connectivity index (χ1n) is 7.58. The average Bonchev–Trinajstić information content (AvgIpc) is 2.54. The fourth-order valence-corrected chi connectivity index (χ4v) is 3.34. The quantitative estimate of drug-likeness (QED) is 0.403. The largest absolute Gasteiger partial charge is 0.497 e. The van der Waals surface area contributed by atoms with Crippen molar-refractivity contribution < 1.29 is 4.74 Å². The predicted octanol–water partition coefficient (Wildman–Crippen LogP) is 5.77. The lowest BCUT2D eigenvalue weighted by Gasteiger charge is -2.12. The van der Waals surface area contributed by atoms with Crippen LogP contribution in [0.3, 0.4) is 0 Å². The highest BCUT2D eigenvalue weighted by Gasteiger charge is 2.09. The molecule has 0 amide bonds. The second kappa shape index (κ2) is 4.74. The Balaban J connectivity index is 2.33. The van der Waals surface area contributed by atoms with Gasteiger partial charge in [-0.2, -0.15) is 0 Å². The first kappa shape index (κ1) is 13.1. The molecule has 0 atom stereocenters. The molecule has 0 fully saturated rings. The van der Waals surface area contributed by atoms with Crippen LogP contribution >= 0.6 is 0 Å². The molecule has 108 valence electrons. The molecule has 1 nitrogen and oxygen atoms in total. The van der Waals surface area contributed by atoms with Gasteiger partial charge in [-0.05, 0) is 58.3 Å². The van der Waals surface area contributed by atoms with Crippen molar-refractivity contribution in [3.8, 4) is 5.75 Å². The molecule has 0 N–H and O–H groups in total. The Hall–Kier alpha value is -2.54. The van der Waals surface area contributed by atoms with Gasteiger partial charge in [0.1, 0.15) is 5.75 Å². The zero-order chi connectivity index (χ0) is 15.3. The second-order valence-electron chi connectivity index (χ2n) is 6.01. The van der Waals surface area contributed by atoms with Crippen LogP contribution in [0, 0.1) is 13.8 Å². The van der Waals surface area contributed by atoms with Crippen LogP contribution in [0.4, 0.5) is 0 Å². The third kappa shape index (κ3) is 1.86. The number of aryl methyl sites for hydroxylation is 2. The van der Waals surface area contributed by atoms with E-state index in [-0.39, 0.29) is 0 Å². The smallest absolute Gasteiger partial charge is 0.119 e. The molecular formula is C21H18O. The van der Waals surface area contributed by atoms with Crippen LogP contribution in [0.5, 0.6) is 5.75 Å². The van der Waals surface area contributed by atoms with Crippen LogP contribution < -0.4 is 4.74 Å². The number of rotatable bonds is 1. The molecular weight excluding hydrogens is 268 g/mol. The number of methoxy groups -OCH3 is 1. The third-order valence-corrected chi connectivity index (χ3v) is 4.45. The zero-order valence-corrected chi connectivity index (χ0v) is 13.1. The van der Waals surface area contributed by atoms with Crippen molar-refractivity contribution in [2.75, 3.05) is 7.11 Å². The molecule has 0 saturated heterocycles. The van der Waals surface area contributed by atoms with Crippen LogP contribution in [-0.4, -0.2) is 7.11 Å². The van der Waals surface area contributed by atoms with Gasteiger partial charge in [-0.1, -0.05) is 53.6 Å². The van der Waals surface area contributed by atoms with Gasteiger partial charge in [0.05, 0.1) is 7.11 Å². The SMILES string of the molecule is COc1ccc2c3cc(C)ccc3c3ccc(C)cc3c2c1. The van der Waals surface area contributed by atoms with Gasteiger partial charge in [-0.15, -0.1) is 0 Å². The Morgan fingerprint density at radius 1 is 0.545 bits per heavy atom. The Labute approximate surface area is 130 Å². The van der Waals surface area contributed by atoms with Crippen molar-refractivity contribution in [3.05, 3.63) is 65.7 Å². The molecule has 0 unspecified atom stereocenters. The molecule has 0 saturated carbocycles. The fourth-order valence-electron chi connectivity index (χ4n) is 3.34. The standard InChI is InChI=1S/C21H18O/c1-13-4-7-16-17-8-5-14(2)11-20(17)21-12-15(22-3)6-9-18(21)19(16)10-13/h4-12H,1-3H3. The molecule has 22 heavy (non-hydrogen) atoms. The van der Waals surface area contributed by atoms with Crippen molar-refractivity contribution in [3.63, 3.8) is 0 Å². The fraction of sp³-hybridized carbons (Fsp3) is 0.143. The van der Waals surface area contributed by atoms with Crippen LogP contribution in [0.25, 0.3) is 32.3 Å². The summed E-state index contributed by atoms with van der Waals surface area (Å²) in [5, 5.41) is 7.78. The number of hydrogen-bond donors (Lipinski definition) is 0. The van der Waals surface area contributed by atoms with E-state index in [1.807, 2.05) is 6.07 Å². The summed E-state index contributed by atoms with van der Waals surface area (Å²) in [7, 11) is 1.72. The summed E-state index contributed by atoms with van der Waals surface area (Å²) < 4.78 is 5.44. The highest BCUT2D eigenvalue weighted by molar-refractivity contribution is 6.25. The molecule has 0 aliphatic rings. The van der Waals surface area contributed by atoms with E-state index in [1.165, 1.54) is 43.4 Å². The first-order chi connectivity index (χ1) is 10.7. The third-order valence-electron chi connectivity index (χ3n) is 4.45. The monoisotopic (exact) mass is 286 g/mol. The van der Waals surface area contributed by atoms with Gasteiger partial charge in [-0.3, -0.25) is 0 Å². The number of fused-ring (bicyclic) bond motifs is 6. The second-order valence-corrected chi connectivity index (χ2v) is 6.01. The van der Waals surface area contributed by atoms with E-state index in [0.717, 1.165) is 5.75 Å². The summed E-state index contributed by atoms with van der Waals surface area (Å²) in [5.41, 5.74) is 2.57. The molecule has 0 spiro atoms. The van der Waals surface area contributed by atoms with Crippen LogP contribution in [0.1, 0.15) is 11.1 Å². The van der Waals surface area contributed by atoms with Crippen molar-refractivity contribution in [1.29, 1.82) is 0 Å². The van der Waals surface area contributed by atoms with E-state index >= 15 is 0 Å². The predicted molar refractivity (Wildman–Crippen MR) is 95.0 cm³/mol. The summed E-state index contributed by atoms with van der Waals surface area (Å²) in [6.07, 6.45) is 0. The molecule has 0 radical (unpaired) electrons. The summed E-state index contributed by atoms with van der Waals surface area (Å²) >= 11 is 0. The minimum absolute atomic E-state index is 0.905. The van der Waals surface area contributed by atoms with E-state index in [0.29, 0.717) is 0 Å². The lowest BCUT2D eigenvalue weighted by Crippen LogP contribution is -1.87. The zero-order valence-electron chi connectivity index (χ0n) is 13.1. The molecule has 1 heteroatoms. The molecule has 0 heterocycles. The molecule has 0 bridgehead atoms. The highest BCUT2D eigenvalue weighted by Crippen LogP contribution is 2.37. The maximum atomic E-state index is 5.44. The maximum Gasteiger partial charge on any atom is 0.119 e. The summed E-state index contributed by atoms with van der Waals surface area (Å²) in [6.45, 7) is 4.29. The molecule has 4 aromatic rings. The van der Waals surface area contributed by atoms with E-state index in [9.17, 15) is 0 Å². The average molecular weight is 286 g/mol. The molecule has 4 rings (SSSR count).